The number of halogens is 4. The molecule has 1 aromatic rings. The van der Waals surface area contributed by atoms with Crippen molar-refractivity contribution in [1.29, 1.82) is 0 Å². The largest absolute Gasteiger partial charge is 0.522 e. The number of fused-ring (bicyclic) bond motifs is 4. The molecule has 0 radical (unpaired) electrons. The summed E-state index contributed by atoms with van der Waals surface area (Å²) in [6.45, 7) is 0.137. The van der Waals surface area contributed by atoms with E-state index < -0.39 is 35.8 Å². The fraction of sp³-hybridized carbons (Fsp3) is 0.652. The van der Waals surface area contributed by atoms with Gasteiger partial charge in [-0.15, -0.1) is 13.2 Å². The van der Waals surface area contributed by atoms with E-state index in [2.05, 4.69) is 15.4 Å². The monoisotopic (exact) mass is 518 g/mol. The average molecular weight is 519 g/mol. The molecule has 3 N–H and O–H groups in total. The van der Waals surface area contributed by atoms with Crippen LogP contribution in [0.5, 0.6) is 5.75 Å². The van der Waals surface area contributed by atoms with Gasteiger partial charge in [-0.25, -0.2) is 0 Å². The lowest BCUT2D eigenvalue weighted by molar-refractivity contribution is -0.351. The molecule has 5 aliphatic rings. The summed E-state index contributed by atoms with van der Waals surface area (Å²) in [5, 5.41) is 16.7. The van der Waals surface area contributed by atoms with Gasteiger partial charge < -0.3 is 25.2 Å². The first-order valence-electron chi connectivity index (χ1n) is 11.6. The fourth-order valence-corrected chi connectivity index (χ4v) is 5.54. The molecule has 0 unspecified atom stereocenters. The number of aliphatic hydroxyl groups excluding tert-OH is 1. The van der Waals surface area contributed by atoms with Gasteiger partial charge in [0.1, 0.15) is 11.4 Å². The average Bonchev–Trinajstić information content (AvgIpc) is 2.78. The SMILES string of the molecule is O=C(NC12CCC(C(=O)N[C@H]3C[C@@H](OC(F)(F)F)C3)(CC1)OC2)[C@@H]1C[C@H](O)c2cc(Cl)ccc2O1. The Balaban J connectivity index is 1.13. The van der Waals surface area contributed by atoms with Crippen molar-refractivity contribution in [1.82, 2.24) is 10.6 Å². The highest BCUT2D eigenvalue weighted by Gasteiger charge is 2.55. The Labute approximate surface area is 204 Å². The van der Waals surface area contributed by atoms with Crippen LogP contribution in [0.1, 0.15) is 56.6 Å². The van der Waals surface area contributed by atoms with E-state index in [1.54, 1.807) is 18.2 Å². The number of carbonyl (C=O) groups excluding carboxylic acids is 2. The van der Waals surface area contributed by atoms with Crippen molar-refractivity contribution in [2.24, 2.45) is 0 Å². The first-order chi connectivity index (χ1) is 16.5. The molecule has 0 aromatic heterocycles. The summed E-state index contributed by atoms with van der Waals surface area (Å²) < 4.78 is 52.6. The summed E-state index contributed by atoms with van der Waals surface area (Å²) in [5.74, 6) is -0.289. The van der Waals surface area contributed by atoms with E-state index in [1.165, 1.54) is 0 Å². The molecular weight excluding hydrogens is 493 g/mol. The Morgan fingerprint density at radius 2 is 1.86 bits per heavy atom. The third kappa shape index (κ3) is 4.96. The van der Waals surface area contributed by atoms with E-state index in [0.29, 0.717) is 42.0 Å². The molecule has 192 valence electrons. The Kier molecular flexibility index (Phi) is 6.18. The predicted octanol–water partition coefficient (Wildman–Crippen LogP) is 2.91. The molecular formula is C23H26ClF3N2O6. The highest BCUT2D eigenvalue weighted by Crippen LogP contribution is 2.45. The van der Waals surface area contributed by atoms with Crippen LogP contribution < -0.4 is 15.4 Å². The van der Waals surface area contributed by atoms with Gasteiger partial charge in [-0.2, -0.15) is 0 Å². The minimum Gasteiger partial charge on any atom is -0.480 e. The van der Waals surface area contributed by atoms with Crippen molar-refractivity contribution in [3.05, 3.63) is 28.8 Å². The molecule has 12 heteroatoms. The smallest absolute Gasteiger partial charge is 0.480 e. The molecule has 2 saturated heterocycles. The number of carbonyl (C=O) groups is 2. The lowest BCUT2D eigenvalue weighted by atomic mass is 9.70. The van der Waals surface area contributed by atoms with E-state index in [1.807, 2.05) is 0 Å². The summed E-state index contributed by atoms with van der Waals surface area (Å²) in [4.78, 5) is 25.9. The molecule has 3 aliphatic heterocycles. The van der Waals surface area contributed by atoms with E-state index in [0.717, 1.165) is 0 Å². The van der Waals surface area contributed by atoms with Gasteiger partial charge in [0.2, 0.25) is 0 Å². The Bertz CT molecular complexity index is 991. The van der Waals surface area contributed by atoms with Crippen LogP contribution in [0.3, 0.4) is 0 Å². The molecule has 35 heavy (non-hydrogen) atoms. The normalized spacial score (nSPS) is 35.9. The maximum atomic E-state index is 13.0. The molecule has 2 atom stereocenters. The summed E-state index contributed by atoms with van der Waals surface area (Å²) in [5.41, 5.74) is -1.15. The molecule has 2 bridgehead atoms. The van der Waals surface area contributed by atoms with E-state index in [4.69, 9.17) is 21.1 Å². The second-order valence-corrected chi connectivity index (χ2v) is 10.4. The van der Waals surface area contributed by atoms with Gasteiger partial charge in [0.05, 0.1) is 24.4 Å². The molecule has 1 aromatic carbocycles. The van der Waals surface area contributed by atoms with Crippen molar-refractivity contribution in [2.45, 2.75) is 86.8 Å². The summed E-state index contributed by atoms with van der Waals surface area (Å²) in [7, 11) is 0. The molecule has 0 spiro atoms. The molecule has 6 rings (SSSR count). The number of benzene rings is 1. The van der Waals surface area contributed by atoms with Gasteiger partial charge in [-0.1, -0.05) is 11.6 Å². The van der Waals surface area contributed by atoms with Gasteiger partial charge in [0.25, 0.3) is 11.8 Å². The third-order valence-electron chi connectivity index (χ3n) is 7.50. The Hall–Kier alpha value is -2.08. The number of amides is 2. The first-order valence-corrected chi connectivity index (χ1v) is 12.0. The van der Waals surface area contributed by atoms with Gasteiger partial charge >= 0.3 is 6.36 Å². The zero-order valence-electron chi connectivity index (χ0n) is 18.7. The van der Waals surface area contributed by atoms with Crippen LogP contribution in [0, 0.1) is 0 Å². The molecule has 8 nitrogen and oxygen atoms in total. The summed E-state index contributed by atoms with van der Waals surface area (Å²) in [6.07, 6.45) is -5.32. The van der Waals surface area contributed by atoms with Gasteiger partial charge in [0, 0.05) is 23.0 Å². The van der Waals surface area contributed by atoms with Crippen LogP contribution in [0.2, 0.25) is 5.02 Å². The number of hydrogen-bond donors (Lipinski definition) is 3. The van der Waals surface area contributed by atoms with Crippen LogP contribution >= 0.6 is 11.6 Å². The van der Waals surface area contributed by atoms with Crippen LogP contribution in [-0.4, -0.2) is 59.3 Å². The van der Waals surface area contributed by atoms with Gasteiger partial charge in [0.15, 0.2) is 6.10 Å². The number of aliphatic hydroxyl groups is 1. The van der Waals surface area contributed by atoms with Crippen LogP contribution in [0.15, 0.2) is 18.2 Å². The summed E-state index contributed by atoms with van der Waals surface area (Å²) in [6, 6.07) is 4.48. The molecule has 2 amide bonds. The van der Waals surface area contributed by atoms with E-state index in [9.17, 15) is 27.9 Å². The quantitative estimate of drug-likeness (QED) is 0.553. The fourth-order valence-electron chi connectivity index (χ4n) is 5.36. The standard InChI is InChI=1S/C23H26ClF3N2O6/c24-12-1-2-17-15(7-12)16(30)10-18(34-17)19(31)29-21-3-5-22(6-4-21,33-11-21)20(32)28-13-8-14(9-13)35-23(25,26)27/h1-2,7,13-14,16,18,30H,3-6,8-11H2,(H,28,32)(H,29,31)/t13-,14+,16-,18-,21?,22?/m0/s1. The third-order valence-corrected chi connectivity index (χ3v) is 7.74. The van der Waals surface area contributed by atoms with E-state index in [-0.39, 0.29) is 43.7 Å². The molecule has 4 fully saturated rings. The number of hydrogen-bond acceptors (Lipinski definition) is 6. The van der Waals surface area contributed by atoms with Gasteiger partial charge in [-0.05, 0) is 56.7 Å². The minimum absolute atomic E-state index is 0.0862. The zero-order chi connectivity index (χ0) is 25.0. The lowest BCUT2D eigenvalue weighted by Crippen LogP contribution is -2.68. The summed E-state index contributed by atoms with van der Waals surface area (Å²) >= 11 is 5.98. The van der Waals surface area contributed by atoms with Crippen LogP contribution in [0.25, 0.3) is 0 Å². The first kappa shape index (κ1) is 24.6. The maximum Gasteiger partial charge on any atom is 0.522 e. The predicted molar refractivity (Wildman–Crippen MR) is 116 cm³/mol. The topological polar surface area (TPSA) is 106 Å². The number of nitrogens with one attached hydrogen (secondary N) is 2. The lowest BCUT2D eigenvalue weighted by Gasteiger charge is -2.53. The van der Waals surface area contributed by atoms with E-state index >= 15 is 0 Å². The number of alkyl halides is 3. The van der Waals surface area contributed by atoms with Crippen LogP contribution in [0.4, 0.5) is 13.2 Å². The molecule has 2 aliphatic carbocycles. The van der Waals surface area contributed by atoms with Crippen molar-refractivity contribution >= 4 is 23.4 Å². The number of rotatable bonds is 5. The van der Waals surface area contributed by atoms with Gasteiger partial charge in [-0.3, -0.25) is 14.3 Å². The second kappa shape index (κ2) is 8.79. The maximum absolute atomic E-state index is 13.0. The van der Waals surface area contributed by atoms with Crippen LogP contribution in [-0.2, 0) is 19.1 Å². The van der Waals surface area contributed by atoms with Crippen molar-refractivity contribution in [3.63, 3.8) is 0 Å². The number of ether oxygens (including phenoxy) is 3. The highest BCUT2D eigenvalue weighted by molar-refractivity contribution is 6.30. The molecule has 2 saturated carbocycles. The van der Waals surface area contributed by atoms with Crippen molar-refractivity contribution in [3.8, 4) is 5.75 Å². The zero-order valence-corrected chi connectivity index (χ0v) is 19.5. The Morgan fingerprint density at radius 3 is 2.49 bits per heavy atom. The minimum atomic E-state index is -4.68. The van der Waals surface area contributed by atoms with Crippen molar-refractivity contribution in [2.75, 3.05) is 6.61 Å². The second-order valence-electron chi connectivity index (χ2n) is 9.92. The highest BCUT2D eigenvalue weighted by atomic mass is 35.5. The van der Waals surface area contributed by atoms with Crippen molar-refractivity contribution < 1.29 is 42.1 Å². The Morgan fingerprint density at radius 1 is 1.14 bits per heavy atom. The molecule has 3 heterocycles.